The lowest BCUT2D eigenvalue weighted by atomic mass is 10.1. The van der Waals surface area contributed by atoms with Crippen LogP contribution >= 0.6 is 11.6 Å². The molecule has 3 heterocycles. The highest BCUT2D eigenvalue weighted by Crippen LogP contribution is 2.31. The molecule has 0 aliphatic rings. The van der Waals surface area contributed by atoms with Crippen molar-refractivity contribution >= 4 is 44.8 Å². The minimum atomic E-state index is -0.110. The fourth-order valence-corrected chi connectivity index (χ4v) is 3.91. The fraction of sp³-hybridized carbons (Fsp3) is 0.217. The molecule has 0 saturated heterocycles. The largest absolute Gasteiger partial charge is 0.299 e. The van der Waals surface area contributed by atoms with Crippen LogP contribution in [0.3, 0.4) is 0 Å². The summed E-state index contributed by atoms with van der Waals surface area (Å²) in [5, 5.41) is 1.02. The van der Waals surface area contributed by atoms with Crippen LogP contribution in [-0.4, -0.2) is 24.1 Å². The molecule has 3 aromatic heterocycles. The van der Waals surface area contributed by atoms with Gasteiger partial charge >= 0.3 is 0 Å². The Morgan fingerprint density at radius 3 is 2.40 bits per heavy atom. The van der Waals surface area contributed by atoms with Gasteiger partial charge in [-0.3, -0.25) is 13.9 Å². The molecule has 7 heteroatoms. The van der Waals surface area contributed by atoms with E-state index in [0.717, 1.165) is 23.1 Å². The maximum atomic E-state index is 13.4. The molecule has 0 aliphatic carbocycles. The summed E-state index contributed by atoms with van der Waals surface area (Å²) < 4.78 is 3.50. The van der Waals surface area contributed by atoms with E-state index in [1.807, 2.05) is 53.1 Å². The van der Waals surface area contributed by atoms with Gasteiger partial charge in [0.2, 0.25) is 0 Å². The smallest absolute Gasteiger partial charge is 0.265 e. The van der Waals surface area contributed by atoms with Crippen molar-refractivity contribution in [3.8, 4) is 5.69 Å². The van der Waals surface area contributed by atoms with Crippen molar-refractivity contribution in [1.29, 1.82) is 0 Å². The van der Waals surface area contributed by atoms with Crippen molar-refractivity contribution < 1.29 is 0 Å². The maximum absolute atomic E-state index is 13.4. The number of benzene rings is 2. The number of fused-ring (bicyclic) bond motifs is 4. The minimum Gasteiger partial charge on any atom is -0.299 e. The van der Waals surface area contributed by atoms with E-state index < -0.39 is 0 Å². The summed E-state index contributed by atoms with van der Waals surface area (Å²) >= 11 is 6.51. The zero-order valence-electron chi connectivity index (χ0n) is 16.7. The average molecular weight is 418 g/mol. The van der Waals surface area contributed by atoms with Gasteiger partial charge in [0.1, 0.15) is 10.9 Å². The Hall–Kier alpha value is -3.25. The maximum Gasteiger partial charge on any atom is 0.265 e. The van der Waals surface area contributed by atoms with Crippen LogP contribution in [0.5, 0.6) is 0 Å². The van der Waals surface area contributed by atoms with E-state index in [2.05, 4.69) is 18.8 Å². The van der Waals surface area contributed by atoms with Gasteiger partial charge in [0, 0.05) is 6.54 Å². The Labute approximate surface area is 177 Å². The highest BCUT2D eigenvalue weighted by molar-refractivity contribution is 6.32. The quantitative estimate of drug-likeness (QED) is 0.413. The normalized spacial score (nSPS) is 11.9. The van der Waals surface area contributed by atoms with E-state index >= 15 is 0 Å². The molecule has 0 fully saturated rings. The first-order valence-electron chi connectivity index (χ1n) is 9.96. The van der Waals surface area contributed by atoms with E-state index in [9.17, 15) is 4.79 Å². The van der Waals surface area contributed by atoms with Gasteiger partial charge in [-0.15, -0.1) is 0 Å². The molecular formula is C23H20ClN5O. The Bertz CT molecular complexity index is 1470. The monoisotopic (exact) mass is 417 g/mol. The minimum absolute atomic E-state index is 0.110. The van der Waals surface area contributed by atoms with E-state index in [0.29, 0.717) is 39.7 Å². The van der Waals surface area contributed by atoms with Gasteiger partial charge in [-0.2, -0.15) is 0 Å². The zero-order chi connectivity index (χ0) is 20.8. The number of halogens is 1. The second-order valence-corrected chi connectivity index (χ2v) is 8.20. The van der Waals surface area contributed by atoms with Crippen LogP contribution in [0.1, 0.15) is 20.3 Å². The molecule has 5 rings (SSSR count). The standard InChI is InChI=1S/C23H20ClN5O/c1-14(2)11-12-28-13-25-21-19(23(28)30)20-22(27-17-9-5-4-8-16(17)26-20)29(21)18-10-6-3-7-15(18)24/h3-10,13-14H,11-12H2,1-2H3. The second-order valence-electron chi connectivity index (χ2n) is 7.80. The summed E-state index contributed by atoms with van der Waals surface area (Å²) in [4.78, 5) is 27.7. The van der Waals surface area contributed by atoms with Crippen molar-refractivity contribution in [2.75, 3.05) is 0 Å². The predicted molar refractivity (Wildman–Crippen MR) is 120 cm³/mol. The first-order valence-corrected chi connectivity index (χ1v) is 10.3. The van der Waals surface area contributed by atoms with E-state index in [1.54, 1.807) is 10.9 Å². The van der Waals surface area contributed by atoms with Crippen LogP contribution in [0.2, 0.25) is 5.02 Å². The summed E-state index contributed by atoms with van der Waals surface area (Å²) in [6.45, 7) is 4.88. The van der Waals surface area contributed by atoms with Crippen molar-refractivity contribution in [3.05, 3.63) is 70.2 Å². The van der Waals surface area contributed by atoms with Crippen LogP contribution in [0.15, 0.2) is 59.7 Å². The van der Waals surface area contributed by atoms with Crippen LogP contribution in [0.25, 0.3) is 38.9 Å². The van der Waals surface area contributed by atoms with E-state index in [-0.39, 0.29) is 5.56 Å². The van der Waals surface area contributed by atoms with E-state index in [4.69, 9.17) is 21.6 Å². The fourth-order valence-electron chi connectivity index (χ4n) is 3.69. The van der Waals surface area contributed by atoms with Crippen LogP contribution in [0.4, 0.5) is 0 Å². The first-order chi connectivity index (χ1) is 14.5. The van der Waals surface area contributed by atoms with Crippen molar-refractivity contribution in [2.24, 2.45) is 5.92 Å². The molecule has 6 nitrogen and oxygen atoms in total. The number of hydrogen-bond acceptors (Lipinski definition) is 4. The number of aryl methyl sites for hydroxylation is 1. The number of aromatic nitrogens is 5. The number of para-hydroxylation sites is 3. The van der Waals surface area contributed by atoms with Crippen molar-refractivity contribution in [1.82, 2.24) is 24.1 Å². The molecule has 0 unspecified atom stereocenters. The SMILES string of the molecule is CC(C)CCn1cnc2c(c1=O)c1nc3ccccc3nc1n2-c1ccccc1Cl. The molecule has 2 aromatic carbocycles. The van der Waals surface area contributed by atoms with Crippen molar-refractivity contribution in [2.45, 2.75) is 26.8 Å². The summed E-state index contributed by atoms with van der Waals surface area (Å²) in [5.41, 5.74) is 3.72. The summed E-state index contributed by atoms with van der Waals surface area (Å²) in [7, 11) is 0. The molecule has 0 radical (unpaired) electrons. The van der Waals surface area contributed by atoms with Crippen LogP contribution < -0.4 is 5.56 Å². The molecule has 0 amide bonds. The number of nitrogens with zero attached hydrogens (tertiary/aromatic N) is 5. The lowest BCUT2D eigenvalue weighted by molar-refractivity contribution is 0.506. The summed E-state index contributed by atoms with van der Waals surface area (Å²) in [6.07, 6.45) is 2.50. The highest BCUT2D eigenvalue weighted by Gasteiger charge is 2.21. The van der Waals surface area contributed by atoms with Crippen molar-refractivity contribution in [3.63, 3.8) is 0 Å². The third-order valence-corrected chi connectivity index (χ3v) is 5.59. The molecular weight excluding hydrogens is 398 g/mol. The molecule has 150 valence electrons. The Morgan fingerprint density at radius 1 is 0.967 bits per heavy atom. The molecule has 0 aliphatic heterocycles. The first kappa shape index (κ1) is 18.8. The Morgan fingerprint density at radius 2 is 1.67 bits per heavy atom. The van der Waals surface area contributed by atoms with E-state index in [1.165, 1.54) is 0 Å². The van der Waals surface area contributed by atoms with Gasteiger partial charge in [-0.25, -0.2) is 15.0 Å². The average Bonchev–Trinajstić information content (AvgIpc) is 3.05. The third kappa shape index (κ3) is 2.95. The predicted octanol–water partition coefficient (Wildman–Crippen LogP) is 4.98. The molecule has 30 heavy (non-hydrogen) atoms. The third-order valence-electron chi connectivity index (χ3n) is 5.27. The number of rotatable bonds is 4. The van der Waals surface area contributed by atoms with Gasteiger partial charge in [-0.05, 0) is 36.6 Å². The van der Waals surface area contributed by atoms with Gasteiger partial charge < -0.3 is 0 Å². The zero-order valence-corrected chi connectivity index (χ0v) is 17.5. The number of hydrogen-bond donors (Lipinski definition) is 0. The molecule has 0 N–H and O–H groups in total. The second kappa shape index (κ2) is 7.22. The molecule has 5 aromatic rings. The Kier molecular flexibility index (Phi) is 4.51. The Balaban J connectivity index is 1.92. The van der Waals surface area contributed by atoms with Gasteiger partial charge in [0.15, 0.2) is 11.3 Å². The lowest BCUT2D eigenvalue weighted by Crippen LogP contribution is -2.21. The molecule has 0 saturated carbocycles. The summed E-state index contributed by atoms with van der Waals surface area (Å²) in [6, 6.07) is 15.1. The topological polar surface area (TPSA) is 65.6 Å². The van der Waals surface area contributed by atoms with Crippen LogP contribution in [0, 0.1) is 5.92 Å². The molecule has 0 atom stereocenters. The van der Waals surface area contributed by atoms with Gasteiger partial charge in [-0.1, -0.05) is 49.7 Å². The van der Waals surface area contributed by atoms with Gasteiger partial charge in [0.05, 0.1) is 28.1 Å². The highest BCUT2D eigenvalue weighted by atomic mass is 35.5. The molecule has 0 bridgehead atoms. The van der Waals surface area contributed by atoms with Crippen LogP contribution in [-0.2, 0) is 6.54 Å². The van der Waals surface area contributed by atoms with Gasteiger partial charge in [0.25, 0.3) is 5.56 Å². The molecule has 0 spiro atoms. The summed E-state index contributed by atoms with van der Waals surface area (Å²) in [5.74, 6) is 0.487. The lowest BCUT2D eigenvalue weighted by Gasteiger charge is -2.09.